The van der Waals surface area contributed by atoms with Crippen LogP contribution in [0.5, 0.6) is 0 Å². The third-order valence-corrected chi connectivity index (χ3v) is 5.84. The molecule has 164 valence electrons. The highest BCUT2D eigenvalue weighted by Crippen LogP contribution is 2.34. The molecule has 0 radical (unpaired) electrons. The van der Waals surface area contributed by atoms with Crippen LogP contribution in [0.4, 0.5) is 0 Å². The van der Waals surface area contributed by atoms with Gasteiger partial charge in [0.05, 0.1) is 6.10 Å². The molecule has 2 aliphatic rings. The molecule has 1 heterocycles. The SMILES string of the molecule is CCNC(=NCC1CCCOC1c1ccc(C)cc1)NCCN(CC)C1CC1.I. The molecule has 5 nitrogen and oxygen atoms in total. The topological polar surface area (TPSA) is 48.9 Å². The summed E-state index contributed by atoms with van der Waals surface area (Å²) in [5.41, 5.74) is 2.58. The molecule has 2 fully saturated rings. The van der Waals surface area contributed by atoms with Crippen molar-refractivity contribution in [2.45, 2.75) is 58.6 Å². The van der Waals surface area contributed by atoms with Crippen molar-refractivity contribution in [3.63, 3.8) is 0 Å². The second-order valence-corrected chi connectivity index (χ2v) is 8.11. The molecule has 1 aromatic carbocycles. The van der Waals surface area contributed by atoms with E-state index in [1.807, 2.05) is 0 Å². The zero-order chi connectivity index (χ0) is 19.8. The monoisotopic (exact) mass is 514 g/mol. The van der Waals surface area contributed by atoms with Gasteiger partial charge in [-0.1, -0.05) is 36.8 Å². The average molecular weight is 514 g/mol. The summed E-state index contributed by atoms with van der Waals surface area (Å²) in [4.78, 5) is 7.48. The van der Waals surface area contributed by atoms with E-state index in [0.29, 0.717) is 5.92 Å². The van der Waals surface area contributed by atoms with Crippen LogP contribution in [0, 0.1) is 12.8 Å². The lowest BCUT2D eigenvalue weighted by molar-refractivity contribution is -0.0250. The maximum Gasteiger partial charge on any atom is 0.191 e. The molecule has 1 saturated carbocycles. The molecular formula is C23H39IN4O. The molecule has 0 aromatic heterocycles. The zero-order valence-corrected chi connectivity index (χ0v) is 20.7. The summed E-state index contributed by atoms with van der Waals surface area (Å²) in [6.45, 7) is 12.2. The summed E-state index contributed by atoms with van der Waals surface area (Å²) < 4.78 is 6.15. The number of aryl methyl sites for hydroxylation is 1. The van der Waals surface area contributed by atoms with Gasteiger partial charge in [-0.15, -0.1) is 24.0 Å². The molecule has 3 rings (SSSR count). The predicted octanol–water partition coefficient (Wildman–Crippen LogP) is 4.12. The van der Waals surface area contributed by atoms with Crippen LogP contribution in [-0.4, -0.2) is 56.2 Å². The second-order valence-electron chi connectivity index (χ2n) is 8.11. The largest absolute Gasteiger partial charge is 0.373 e. The molecule has 2 atom stereocenters. The normalized spacial score (nSPS) is 22.3. The number of benzene rings is 1. The Kier molecular flexibility index (Phi) is 10.7. The Balaban J connectivity index is 0.00000300. The fraction of sp³-hybridized carbons (Fsp3) is 0.696. The van der Waals surface area contributed by atoms with Crippen LogP contribution >= 0.6 is 24.0 Å². The summed E-state index contributed by atoms with van der Waals surface area (Å²) in [6, 6.07) is 9.60. The van der Waals surface area contributed by atoms with E-state index in [1.165, 1.54) is 30.4 Å². The number of likely N-dealkylation sites (N-methyl/N-ethyl adjacent to an activating group) is 1. The molecule has 29 heavy (non-hydrogen) atoms. The maximum absolute atomic E-state index is 6.15. The van der Waals surface area contributed by atoms with Crippen LogP contribution in [-0.2, 0) is 4.74 Å². The summed E-state index contributed by atoms with van der Waals surface area (Å²) in [5.74, 6) is 1.37. The van der Waals surface area contributed by atoms with Gasteiger partial charge in [-0.25, -0.2) is 0 Å². The predicted molar refractivity (Wildman–Crippen MR) is 132 cm³/mol. The quantitative estimate of drug-likeness (QED) is 0.296. The van der Waals surface area contributed by atoms with Gasteiger partial charge in [0.1, 0.15) is 0 Å². The average Bonchev–Trinajstić information content (AvgIpc) is 3.55. The number of hydrogen-bond donors (Lipinski definition) is 2. The van der Waals surface area contributed by atoms with Gasteiger partial charge in [0.15, 0.2) is 5.96 Å². The van der Waals surface area contributed by atoms with Gasteiger partial charge in [-0.05, 0) is 51.6 Å². The number of aliphatic imine (C=N–C) groups is 1. The Bertz CT molecular complexity index is 618. The molecule has 0 bridgehead atoms. The fourth-order valence-electron chi connectivity index (χ4n) is 4.06. The summed E-state index contributed by atoms with van der Waals surface area (Å²) >= 11 is 0. The van der Waals surface area contributed by atoms with Crippen LogP contribution in [0.2, 0.25) is 0 Å². The molecule has 0 amide bonds. The van der Waals surface area contributed by atoms with Crippen LogP contribution in [0.1, 0.15) is 56.8 Å². The number of hydrogen-bond acceptors (Lipinski definition) is 3. The van der Waals surface area contributed by atoms with E-state index >= 15 is 0 Å². The number of nitrogens with one attached hydrogen (secondary N) is 2. The van der Waals surface area contributed by atoms with Crippen molar-refractivity contribution in [1.82, 2.24) is 15.5 Å². The fourth-order valence-corrected chi connectivity index (χ4v) is 4.06. The second kappa shape index (κ2) is 12.7. The Morgan fingerprint density at radius 3 is 2.55 bits per heavy atom. The highest BCUT2D eigenvalue weighted by molar-refractivity contribution is 14.0. The Hall–Kier alpha value is -0.860. The first-order chi connectivity index (χ1) is 13.7. The van der Waals surface area contributed by atoms with Gasteiger partial charge >= 0.3 is 0 Å². The van der Waals surface area contributed by atoms with E-state index in [4.69, 9.17) is 9.73 Å². The van der Waals surface area contributed by atoms with Crippen molar-refractivity contribution < 1.29 is 4.74 Å². The molecule has 1 aliphatic carbocycles. The lowest BCUT2D eigenvalue weighted by Crippen LogP contribution is -2.42. The van der Waals surface area contributed by atoms with E-state index in [0.717, 1.165) is 57.8 Å². The molecule has 2 unspecified atom stereocenters. The first kappa shape index (κ1) is 24.4. The summed E-state index contributed by atoms with van der Waals surface area (Å²) in [5, 5.41) is 6.93. The lowest BCUT2D eigenvalue weighted by atomic mass is 9.89. The van der Waals surface area contributed by atoms with Gasteiger partial charge in [-0.3, -0.25) is 9.89 Å². The van der Waals surface area contributed by atoms with Crippen LogP contribution in [0.25, 0.3) is 0 Å². The number of ether oxygens (including phenoxy) is 1. The minimum atomic E-state index is 0. The van der Waals surface area contributed by atoms with Crippen molar-refractivity contribution in [3.05, 3.63) is 35.4 Å². The molecule has 2 N–H and O–H groups in total. The van der Waals surface area contributed by atoms with Crippen LogP contribution in [0.15, 0.2) is 29.3 Å². The highest BCUT2D eigenvalue weighted by Gasteiger charge is 2.28. The highest BCUT2D eigenvalue weighted by atomic mass is 127. The minimum Gasteiger partial charge on any atom is -0.373 e. The lowest BCUT2D eigenvalue weighted by Gasteiger charge is -2.31. The number of halogens is 1. The molecule has 1 aliphatic heterocycles. The third kappa shape index (κ3) is 7.72. The Morgan fingerprint density at radius 1 is 1.14 bits per heavy atom. The molecule has 0 spiro atoms. The van der Waals surface area contributed by atoms with Gasteiger partial charge < -0.3 is 15.4 Å². The molecular weight excluding hydrogens is 475 g/mol. The van der Waals surface area contributed by atoms with Crippen molar-refractivity contribution >= 4 is 29.9 Å². The van der Waals surface area contributed by atoms with Gasteiger partial charge in [-0.2, -0.15) is 0 Å². The van der Waals surface area contributed by atoms with E-state index in [9.17, 15) is 0 Å². The van der Waals surface area contributed by atoms with Crippen LogP contribution < -0.4 is 10.6 Å². The standard InChI is InChI=1S/C23H38N4O.HI/c1-4-24-23(25-14-15-27(5-2)21-12-13-21)26-17-20-7-6-16-28-22(20)19-10-8-18(3)9-11-19;/h8-11,20-22H,4-7,12-17H2,1-3H3,(H2,24,25,26);1H. The van der Waals surface area contributed by atoms with Crippen molar-refractivity contribution in [1.29, 1.82) is 0 Å². The molecule has 6 heteroatoms. The van der Waals surface area contributed by atoms with E-state index in [1.54, 1.807) is 0 Å². The summed E-state index contributed by atoms with van der Waals surface area (Å²) in [6.07, 6.45) is 5.19. The molecule has 1 saturated heterocycles. The Morgan fingerprint density at radius 2 is 1.90 bits per heavy atom. The van der Waals surface area contributed by atoms with E-state index in [2.05, 4.69) is 60.6 Å². The maximum atomic E-state index is 6.15. The van der Waals surface area contributed by atoms with Crippen molar-refractivity contribution in [2.24, 2.45) is 10.9 Å². The van der Waals surface area contributed by atoms with Gasteiger partial charge in [0.25, 0.3) is 0 Å². The van der Waals surface area contributed by atoms with Crippen molar-refractivity contribution in [3.8, 4) is 0 Å². The summed E-state index contributed by atoms with van der Waals surface area (Å²) in [7, 11) is 0. The van der Waals surface area contributed by atoms with Crippen molar-refractivity contribution in [2.75, 3.05) is 39.3 Å². The third-order valence-electron chi connectivity index (χ3n) is 5.84. The molecule has 1 aromatic rings. The first-order valence-corrected chi connectivity index (χ1v) is 11.2. The number of nitrogens with zero attached hydrogens (tertiary/aromatic N) is 2. The van der Waals surface area contributed by atoms with E-state index < -0.39 is 0 Å². The first-order valence-electron chi connectivity index (χ1n) is 11.2. The van der Waals surface area contributed by atoms with Gasteiger partial charge in [0, 0.05) is 44.7 Å². The minimum absolute atomic E-state index is 0. The van der Waals surface area contributed by atoms with Crippen LogP contribution in [0.3, 0.4) is 0 Å². The number of rotatable bonds is 9. The smallest absolute Gasteiger partial charge is 0.191 e. The van der Waals surface area contributed by atoms with E-state index in [-0.39, 0.29) is 30.1 Å². The van der Waals surface area contributed by atoms with Gasteiger partial charge in [0.2, 0.25) is 0 Å². The number of guanidine groups is 1. The zero-order valence-electron chi connectivity index (χ0n) is 18.3. The Labute approximate surface area is 194 Å².